The molecule has 1 amide bonds. The topological polar surface area (TPSA) is 58.1 Å². The van der Waals surface area contributed by atoms with E-state index in [0.29, 0.717) is 12.1 Å². The number of amides is 1. The predicted octanol–water partition coefficient (Wildman–Crippen LogP) is 4.13. The first-order chi connectivity index (χ1) is 13.0. The fourth-order valence-electron chi connectivity index (χ4n) is 2.50. The Bertz CT molecular complexity index is 924. The van der Waals surface area contributed by atoms with Crippen molar-refractivity contribution in [3.63, 3.8) is 0 Å². The van der Waals surface area contributed by atoms with Gasteiger partial charge in [-0.3, -0.25) is 4.79 Å². The molecule has 0 aliphatic rings. The van der Waals surface area contributed by atoms with E-state index in [1.807, 2.05) is 62.3 Å². The van der Waals surface area contributed by atoms with E-state index in [1.54, 1.807) is 29.3 Å². The fraction of sp³-hybridized carbons (Fsp3) is 0.250. The number of nitrogens with one attached hydrogen (secondary N) is 1. The summed E-state index contributed by atoms with van der Waals surface area (Å²) in [5.74, 6) is 1.55. The molecule has 0 saturated carbocycles. The van der Waals surface area contributed by atoms with Crippen LogP contribution in [0.3, 0.4) is 0 Å². The summed E-state index contributed by atoms with van der Waals surface area (Å²) in [6, 6.07) is 11.6. The molecule has 0 atom stereocenters. The molecule has 7 heteroatoms. The third-order valence-corrected chi connectivity index (χ3v) is 5.82. The monoisotopic (exact) mass is 398 g/mol. The Labute approximate surface area is 167 Å². The lowest BCUT2D eigenvalue weighted by molar-refractivity contribution is 0.0948. The molecule has 5 nitrogen and oxygen atoms in total. The van der Waals surface area contributed by atoms with Crippen LogP contribution in [0.15, 0.2) is 52.9 Å². The molecule has 27 heavy (non-hydrogen) atoms. The van der Waals surface area contributed by atoms with Crippen molar-refractivity contribution in [2.45, 2.75) is 24.1 Å². The standard InChI is InChI=1S/C20H22N4OS2/c1-14-23-16(12-26-14)13-27-18-7-5-4-6-17(18)20(25)22-11-15-8-9-21-19(10-15)24(2)3/h4-10,12H,11,13H2,1-3H3,(H,22,25). The van der Waals surface area contributed by atoms with E-state index in [2.05, 4.69) is 20.7 Å². The summed E-state index contributed by atoms with van der Waals surface area (Å²) in [7, 11) is 3.89. The maximum absolute atomic E-state index is 12.7. The molecule has 140 valence electrons. The second kappa shape index (κ2) is 9.01. The van der Waals surface area contributed by atoms with Gasteiger partial charge in [-0.15, -0.1) is 23.1 Å². The molecule has 0 saturated heterocycles. The van der Waals surface area contributed by atoms with Crippen LogP contribution in [0.1, 0.15) is 26.6 Å². The highest BCUT2D eigenvalue weighted by Crippen LogP contribution is 2.27. The van der Waals surface area contributed by atoms with Gasteiger partial charge in [-0.2, -0.15) is 0 Å². The molecule has 0 spiro atoms. The summed E-state index contributed by atoms with van der Waals surface area (Å²) >= 11 is 3.28. The summed E-state index contributed by atoms with van der Waals surface area (Å²) < 4.78 is 0. The van der Waals surface area contributed by atoms with Crippen molar-refractivity contribution < 1.29 is 4.79 Å². The van der Waals surface area contributed by atoms with E-state index in [0.717, 1.165) is 32.7 Å². The van der Waals surface area contributed by atoms with Gasteiger partial charge in [0.05, 0.1) is 16.3 Å². The molecule has 1 aromatic carbocycles. The Morgan fingerprint density at radius 2 is 2.07 bits per heavy atom. The Kier molecular flexibility index (Phi) is 6.47. The number of rotatable bonds is 7. The molecule has 0 radical (unpaired) electrons. The van der Waals surface area contributed by atoms with E-state index in [1.165, 1.54) is 0 Å². The summed E-state index contributed by atoms with van der Waals surface area (Å²) in [4.78, 5) is 24.4. The van der Waals surface area contributed by atoms with Gasteiger partial charge < -0.3 is 10.2 Å². The normalized spacial score (nSPS) is 10.6. The Morgan fingerprint density at radius 1 is 1.26 bits per heavy atom. The molecule has 2 heterocycles. The van der Waals surface area contributed by atoms with Gasteiger partial charge >= 0.3 is 0 Å². The largest absolute Gasteiger partial charge is 0.363 e. The number of aryl methyl sites for hydroxylation is 1. The molecule has 0 fully saturated rings. The lowest BCUT2D eigenvalue weighted by Crippen LogP contribution is -2.23. The minimum Gasteiger partial charge on any atom is -0.363 e. The van der Waals surface area contributed by atoms with Crippen molar-refractivity contribution in [1.82, 2.24) is 15.3 Å². The van der Waals surface area contributed by atoms with Gasteiger partial charge in [-0.1, -0.05) is 12.1 Å². The number of anilines is 1. The van der Waals surface area contributed by atoms with Crippen LogP contribution in [0.2, 0.25) is 0 Å². The molecule has 0 aliphatic carbocycles. The van der Waals surface area contributed by atoms with Crippen molar-refractivity contribution in [1.29, 1.82) is 0 Å². The fourth-order valence-corrected chi connectivity index (χ4v) is 4.16. The Balaban J connectivity index is 1.65. The molecule has 3 rings (SSSR count). The number of aromatic nitrogens is 2. The molecule has 3 aromatic rings. The van der Waals surface area contributed by atoms with E-state index in [9.17, 15) is 4.79 Å². The van der Waals surface area contributed by atoms with Crippen LogP contribution in [-0.4, -0.2) is 30.0 Å². The number of thioether (sulfide) groups is 1. The van der Waals surface area contributed by atoms with Crippen molar-refractivity contribution >= 4 is 34.8 Å². The zero-order valence-electron chi connectivity index (χ0n) is 15.6. The zero-order chi connectivity index (χ0) is 19.2. The first kappa shape index (κ1) is 19.4. The highest BCUT2D eigenvalue weighted by molar-refractivity contribution is 7.98. The van der Waals surface area contributed by atoms with Gasteiger partial charge in [0.2, 0.25) is 0 Å². The highest BCUT2D eigenvalue weighted by atomic mass is 32.2. The van der Waals surface area contributed by atoms with Gasteiger partial charge in [0.25, 0.3) is 5.91 Å². The SMILES string of the molecule is Cc1nc(CSc2ccccc2C(=O)NCc2ccnc(N(C)C)c2)cs1. The number of thiazole rings is 1. The van der Waals surface area contributed by atoms with Gasteiger partial charge in [0, 0.05) is 42.9 Å². The minimum atomic E-state index is -0.0734. The van der Waals surface area contributed by atoms with Gasteiger partial charge in [0.15, 0.2) is 0 Å². The third kappa shape index (κ3) is 5.30. The highest BCUT2D eigenvalue weighted by Gasteiger charge is 2.12. The van der Waals surface area contributed by atoms with Crippen molar-refractivity contribution in [2.75, 3.05) is 19.0 Å². The van der Waals surface area contributed by atoms with E-state index in [-0.39, 0.29) is 5.91 Å². The van der Waals surface area contributed by atoms with E-state index < -0.39 is 0 Å². The molecule has 0 unspecified atom stereocenters. The number of carbonyl (C=O) groups excluding carboxylic acids is 1. The number of hydrogen-bond acceptors (Lipinski definition) is 6. The van der Waals surface area contributed by atoms with Gasteiger partial charge in [-0.25, -0.2) is 9.97 Å². The average Bonchev–Trinajstić information content (AvgIpc) is 3.10. The van der Waals surface area contributed by atoms with Gasteiger partial charge in [0.1, 0.15) is 5.82 Å². The molecule has 0 aliphatic heterocycles. The molecule has 1 N–H and O–H groups in total. The second-order valence-electron chi connectivity index (χ2n) is 6.24. The van der Waals surface area contributed by atoms with Crippen molar-refractivity contribution in [2.24, 2.45) is 0 Å². The lowest BCUT2D eigenvalue weighted by Gasteiger charge is -2.13. The second-order valence-corrected chi connectivity index (χ2v) is 8.32. The van der Waals surface area contributed by atoms with Crippen LogP contribution in [0.5, 0.6) is 0 Å². The summed E-state index contributed by atoms with van der Waals surface area (Å²) in [5, 5.41) is 6.14. The molecular weight excluding hydrogens is 376 g/mol. The Morgan fingerprint density at radius 3 is 2.81 bits per heavy atom. The smallest absolute Gasteiger partial charge is 0.252 e. The lowest BCUT2D eigenvalue weighted by atomic mass is 10.2. The maximum atomic E-state index is 12.7. The first-order valence-electron chi connectivity index (χ1n) is 8.56. The number of pyridine rings is 1. The van der Waals surface area contributed by atoms with Crippen LogP contribution >= 0.6 is 23.1 Å². The Hall–Kier alpha value is -2.38. The minimum absolute atomic E-state index is 0.0734. The third-order valence-electron chi connectivity index (χ3n) is 3.89. The van der Waals surface area contributed by atoms with Crippen LogP contribution in [0.25, 0.3) is 0 Å². The predicted molar refractivity (Wildman–Crippen MR) is 113 cm³/mol. The maximum Gasteiger partial charge on any atom is 0.252 e. The molecule has 0 bridgehead atoms. The van der Waals surface area contributed by atoms with Crippen LogP contribution in [0.4, 0.5) is 5.82 Å². The first-order valence-corrected chi connectivity index (χ1v) is 10.4. The van der Waals surface area contributed by atoms with Crippen molar-refractivity contribution in [3.8, 4) is 0 Å². The van der Waals surface area contributed by atoms with E-state index >= 15 is 0 Å². The number of nitrogens with zero attached hydrogens (tertiary/aromatic N) is 3. The number of benzene rings is 1. The quantitative estimate of drug-likeness (QED) is 0.606. The molecular formula is C20H22N4OS2. The number of hydrogen-bond donors (Lipinski definition) is 1. The van der Waals surface area contributed by atoms with Crippen molar-refractivity contribution in [3.05, 3.63) is 69.8 Å². The summed E-state index contributed by atoms with van der Waals surface area (Å²) in [6.07, 6.45) is 1.76. The van der Waals surface area contributed by atoms with Gasteiger partial charge in [-0.05, 0) is 36.8 Å². The van der Waals surface area contributed by atoms with Crippen LogP contribution in [-0.2, 0) is 12.3 Å². The van der Waals surface area contributed by atoms with Crippen LogP contribution < -0.4 is 10.2 Å². The summed E-state index contributed by atoms with van der Waals surface area (Å²) in [6.45, 7) is 2.47. The summed E-state index contributed by atoms with van der Waals surface area (Å²) in [5.41, 5.74) is 2.76. The van der Waals surface area contributed by atoms with Crippen LogP contribution in [0, 0.1) is 6.92 Å². The van der Waals surface area contributed by atoms with E-state index in [4.69, 9.17) is 0 Å². The zero-order valence-corrected chi connectivity index (χ0v) is 17.2. The number of carbonyl (C=O) groups is 1. The average molecular weight is 399 g/mol. The molecule has 2 aromatic heterocycles.